The molecule has 0 aliphatic heterocycles. The fraction of sp³-hybridized carbons (Fsp3) is 0.538. The minimum absolute atomic E-state index is 0.341. The zero-order valence-electron chi connectivity index (χ0n) is 9.96. The van der Waals surface area contributed by atoms with E-state index in [2.05, 4.69) is 23.3 Å². The molecular formula is C13H16ClN3. The van der Waals surface area contributed by atoms with Gasteiger partial charge in [0.1, 0.15) is 16.9 Å². The quantitative estimate of drug-likeness (QED) is 0.891. The summed E-state index contributed by atoms with van der Waals surface area (Å²) in [4.78, 5) is 4.18. The highest BCUT2D eigenvalue weighted by Crippen LogP contribution is 2.37. The molecule has 3 nitrogen and oxygen atoms in total. The summed E-state index contributed by atoms with van der Waals surface area (Å²) in [5.41, 5.74) is 0.814. The number of nitriles is 1. The number of nitrogens with one attached hydrogen (secondary N) is 1. The van der Waals surface area contributed by atoms with Gasteiger partial charge in [-0.05, 0) is 24.3 Å². The zero-order chi connectivity index (χ0) is 12.3. The molecule has 0 saturated heterocycles. The van der Waals surface area contributed by atoms with Gasteiger partial charge in [0.25, 0.3) is 0 Å². The van der Waals surface area contributed by atoms with E-state index in [9.17, 15) is 0 Å². The summed E-state index contributed by atoms with van der Waals surface area (Å²) in [6.07, 6.45) is 6.71. The van der Waals surface area contributed by atoms with E-state index >= 15 is 0 Å². The number of hydrogen-bond donors (Lipinski definition) is 1. The molecule has 0 spiro atoms. The molecule has 17 heavy (non-hydrogen) atoms. The van der Waals surface area contributed by atoms with E-state index in [-0.39, 0.29) is 0 Å². The van der Waals surface area contributed by atoms with Crippen molar-refractivity contribution in [1.29, 1.82) is 5.26 Å². The van der Waals surface area contributed by atoms with Gasteiger partial charge in [-0.1, -0.05) is 31.4 Å². The molecule has 1 aliphatic rings. The van der Waals surface area contributed by atoms with Crippen molar-refractivity contribution in [2.45, 2.75) is 32.6 Å². The maximum atomic E-state index is 8.88. The third-order valence-electron chi connectivity index (χ3n) is 3.50. The van der Waals surface area contributed by atoms with Crippen molar-refractivity contribution in [1.82, 2.24) is 4.98 Å². The summed E-state index contributed by atoms with van der Waals surface area (Å²) in [6, 6.07) is 3.69. The van der Waals surface area contributed by atoms with E-state index in [4.69, 9.17) is 16.9 Å². The molecule has 90 valence electrons. The zero-order valence-corrected chi connectivity index (χ0v) is 10.7. The summed E-state index contributed by atoms with van der Waals surface area (Å²) < 4.78 is 0. The molecule has 0 atom stereocenters. The van der Waals surface area contributed by atoms with Gasteiger partial charge in [-0.2, -0.15) is 5.26 Å². The van der Waals surface area contributed by atoms with Crippen LogP contribution in [0.5, 0.6) is 0 Å². The molecule has 0 amide bonds. The van der Waals surface area contributed by atoms with Crippen LogP contribution >= 0.6 is 11.6 Å². The average molecular weight is 250 g/mol. The fourth-order valence-electron chi connectivity index (χ4n) is 2.36. The molecule has 0 unspecified atom stereocenters. The second kappa shape index (κ2) is 4.93. The number of halogens is 1. The Labute approximate surface area is 107 Å². The van der Waals surface area contributed by atoms with Gasteiger partial charge in [-0.3, -0.25) is 0 Å². The maximum Gasteiger partial charge on any atom is 0.146 e. The first-order valence-electron chi connectivity index (χ1n) is 5.93. The van der Waals surface area contributed by atoms with Crippen LogP contribution < -0.4 is 5.32 Å². The predicted molar refractivity (Wildman–Crippen MR) is 69.0 cm³/mol. The Bertz CT molecular complexity index is 444. The van der Waals surface area contributed by atoms with Crippen molar-refractivity contribution in [3.63, 3.8) is 0 Å². The Hall–Kier alpha value is -1.27. The molecule has 1 aliphatic carbocycles. The molecule has 1 aromatic rings. The minimum Gasteiger partial charge on any atom is -0.368 e. The number of hydrogen-bond acceptors (Lipinski definition) is 3. The van der Waals surface area contributed by atoms with E-state index in [1.165, 1.54) is 25.7 Å². The van der Waals surface area contributed by atoms with Crippen LogP contribution in [0.4, 0.5) is 5.82 Å². The van der Waals surface area contributed by atoms with Gasteiger partial charge >= 0.3 is 0 Å². The number of pyridine rings is 1. The van der Waals surface area contributed by atoms with Crippen LogP contribution in [-0.2, 0) is 0 Å². The van der Waals surface area contributed by atoms with E-state index in [1.54, 1.807) is 12.3 Å². The average Bonchev–Trinajstić information content (AvgIpc) is 2.75. The van der Waals surface area contributed by atoms with E-state index in [0.29, 0.717) is 21.8 Å². The first-order valence-corrected chi connectivity index (χ1v) is 6.31. The van der Waals surface area contributed by atoms with Crippen LogP contribution in [0, 0.1) is 16.7 Å². The van der Waals surface area contributed by atoms with Gasteiger partial charge in [0.15, 0.2) is 0 Å². The highest BCUT2D eigenvalue weighted by molar-refractivity contribution is 6.34. The van der Waals surface area contributed by atoms with Gasteiger partial charge in [-0.15, -0.1) is 0 Å². The van der Waals surface area contributed by atoms with Gasteiger partial charge in [0.05, 0.1) is 5.56 Å². The standard InChI is InChI=1S/C13H16ClN3/c1-13(5-2-3-6-13)9-17-12-11(14)10(8-15)4-7-16-12/h4,7H,2-3,5-6,9H2,1H3,(H,16,17). The molecule has 2 rings (SSSR count). The van der Waals surface area contributed by atoms with Crippen LogP contribution in [0.2, 0.25) is 5.02 Å². The van der Waals surface area contributed by atoms with Gasteiger partial charge in [0, 0.05) is 12.7 Å². The Morgan fingerprint density at radius 2 is 2.24 bits per heavy atom. The molecule has 1 aromatic heterocycles. The van der Waals surface area contributed by atoms with Crippen molar-refractivity contribution < 1.29 is 0 Å². The summed E-state index contributed by atoms with van der Waals surface area (Å²) >= 11 is 6.09. The molecular weight excluding hydrogens is 234 g/mol. The molecule has 1 heterocycles. The molecule has 4 heteroatoms. The number of rotatable bonds is 3. The monoisotopic (exact) mass is 249 g/mol. The second-order valence-electron chi connectivity index (χ2n) is 5.00. The highest BCUT2D eigenvalue weighted by atomic mass is 35.5. The first kappa shape index (κ1) is 12.2. The van der Waals surface area contributed by atoms with E-state index in [1.807, 2.05) is 0 Å². The van der Waals surface area contributed by atoms with Crippen LogP contribution in [0.25, 0.3) is 0 Å². The molecule has 1 fully saturated rings. The topological polar surface area (TPSA) is 48.7 Å². The summed E-state index contributed by atoms with van der Waals surface area (Å²) in [5.74, 6) is 0.624. The van der Waals surface area contributed by atoms with Crippen molar-refractivity contribution in [2.75, 3.05) is 11.9 Å². The lowest BCUT2D eigenvalue weighted by Crippen LogP contribution is -2.23. The van der Waals surface area contributed by atoms with Crippen molar-refractivity contribution in [3.05, 3.63) is 22.8 Å². The highest BCUT2D eigenvalue weighted by Gasteiger charge is 2.28. The van der Waals surface area contributed by atoms with Gasteiger partial charge < -0.3 is 5.32 Å². The summed E-state index contributed by atoms with van der Waals surface area (Å²) in [7, 11) is 0. The normalized spacial score (nSPS) is 17.7. The lowest BCUT2D eigenvalue weighted by molar-refractivity contribution is 0.361. The molecule has 0 bridgehead atoms. The fourth-order valence-corrected chi connectivity index (χ4v) is 2.58. The van der Waals surface area contributed by atoms with Crippen molar-refractivity contribution in [3.8, 4) is 6.07 Å². The van der Waals surface area contributed by atoms with Crippen LogP contribution in [0.3, 0.4) is 0 Å². The van der Waals surface area contributed by atoms with Crippen LogP contribution in [0.15, 0.2) is 12.3 Å². The summed E-state index contributed by atoms with van der Waals surface area (Å²) in [6.45, 7) is 3.16. The molecule has 0 aromatic carbocycles. The number of aromatic nitrogens is 1. The largest absolute Gasteiger partial charge is 0.368 e. The second-order valence-corrected chi connectivity index (χ2v) is 5.38. The summed E-state index contributed by atoms with van der Waals surface area (Å²) in [5, 5.41) is 12.6. The number of nitrogens with zero attached hydrogens (tertiary/aromatic N) is 2. The molecule has 1 saturated carbocycles. The Balaban J connectivity index is 2.07. The number of anilines is 1. The smallest absolute Gasteiger partial charge is 0.146 e. The van der Waals surface area contributed by atoms with Crippen LogP contribution in [-0.4, -0.2) is 11.5 Å². The Morgan fingerprint density at radius 1 is 1.53 bits per heavy atom. The van der Waals surface area contributed by atoms with E-state index < -0.39 is 0 Å². The van der Waals surface area contributed by atoms with Gasteiger partial charge in [0.2, 0.25) is 0 Å². The Morgan fingerprint density at radius 3 is 2.88 bits per heavy atom. The molecule has 1 N–H and O–H groups in total. The maximum absolute atomic E-state index is 8.88. The predicted octanol–water partition coefficient (Wildman–Crippen LogP) is 3.60. The van der Waals surface area contributed by atoms with Crippen molar-refractivity contribution >= 4 is 17.4 Å². The Kier molecular flexibility index (Phi) is 3.54. The lowest BCUT2D eigenvalue weighted by Gasteiger charge is -2.24. The molecule has 0 radical (unpaired) electrons. The minimum atomic E-state index is 0.341. The SMILES string of the molecule is CC1(CNc2nccc(C#N)c2Cl)CCCC1. The van der Waals surface area contributed by atoms with Crippen LogP contribution in [0.1, 0.15) is 38.2 Å². The van der Waals surface area contributed by atoms with Crippen molar-refractivity contribution in [2.24, 2.45) is 5.41 Å². The third-order valence-corrected chi connectivity index (χ3v) is 3.89. The lowest BCUT2D eigenvalue weighted by atomic mass is 9.89. The van der Waals surface area contributed by atoms with Gasteiger partial charge in [-0.25, -0.2) is 4.98 Å². The van der Waals surface area contributed by atoms with E-state index in [0.717, 1.165) is 6.54 Å². The first-order chi connectivity index (χ1) is 8.14. The third kappa shape index (κ3) is 2.70.